The Morgan fingerprint density at radius 3 is 2.33 bits per heavy atom. The second-order valence-corrected chi connectivity index (χ2v) is 5.06. The SMILES string of the molecule is CC1C=CC(C)(C(C)C)CC1C. The summed E-state index contributed by atoms with van der Waals surface area (Å²) in [5, 5.41) is 0. The molecule has 70 valence electrons. The van der Waals surface area contributed by atoms with Gasteiger partial charge in [-0.1, -0.05) is 46.8 Å². The molecule has 0 amide bonds. The van der Waals surface area contributed by atoms with Gasteiger partial charge in [-0.25, -0.2) is 0 Å². The summed E-state index contributed by atoms with van der Waals surface area (Å²) in [6.07, 6.45) is 6.18. The van der Waals surface area contributed by atoms with Gasteiger partial charge < -0.3 is 0 Å². The van der Waals surface area contributed by atoms with Crippen LogP contribution in [0.1, 0.15) is 41.0 Å². The van der Waals surface area contributed by atoms with Crippen molar-refractivity contribution in [2.24, 2.45) is 23.2 Å². The molecule has 0 bridgehead atoms. The van der Waals surface area contributed by atoms with E-state index in [9.17, 15) is 0 Å². The lowest BCUT2D eigenvalue weighted by Gasteiger charge is -2.38. The van der Waals surface area contributed by atoms with Gasteiger partial charge in [0, 0.05) is 0 Å². The second kappa shape index (κ2) is 3.24. The van der Waals surface area contributed by atoms with Crippen molar-refractivity contribution >= 4 is 0 Å². The molecule has 0 heterocycles. The highest BCUT2D eigenvalue weighted by Crippen LogP contribution is 2.41. The number of allylic oxidation sites excluding steroid dienone is 2. The second-order valence-electron chi connectivity index (χ2n) is 5.06. The molecule has 0 saturated heterocycles. The Kier molecular flexibility index (Phi) is 2.65. The van der Waals surface area contributed by atoms with Gasteiger partial charge in [-0.05, 0) is 29.6 Å². The number of rotatable bonds is 1. The molecule has 0 aromatic heterocycles. The highest BCUT2D eigenvalue weighted by molar-refractivity contribution is 5.06. The molecule has 3 unspecified atom stereocenters. The number of hydrogen-bond donors (Lipinski definition) is 0. The first-order valence-electron chi connectivity index (χ1n) is 5.15. The predicted molar refractivity (Wildman–Crippen MR) is 55.0 cm³/mol. The van der Waals surface area contributed by atoms with E-state index in [2.05, 4.69) is 46.8 Å². The minimum Gasteiger partial charge on any atom is -0.0849 e. The van der Waals surface area contributed by atoms with Crippen LogP contribution in [0, 0.1) is 23.2 Å². The van der Waals surface area contributed by atoms with Crippen LogP contribution in [-0.4, -0.2) is 0 Å². The first-order chi connectivity index (χ1) is 5.46. The Bertz CT molecular complexity index is 178. The van der Waals surface area contributed by atoms with Gasteiger partial charge in [0.15, 0.2) is 0 Å². The molecular weight excluding hydrogens is 144 g/mol. The molecule has 1 aliphatic carbocycles. The van der Waals surface area contributed by atoms with Gasteiger partial charge in [0.2, 0.25) is 0 Å². The lowest BCUT2D eigenvalue weighted by atomic mass is 9.67. The summed E-state index contributed by atoms with van der Waals surface area (Å²) in [5.74, 6) is 2.39. The summed E-state index contributed by atoms with van der Waals surface area (Å²) >= 11 is 0. The summed E-state index contributed by atoms with van der Waals surface area (Å²) in [4.78, 5) is 0. The quantitative estimate of drug-likeness (QED) is 0.519. The maximum absolute atomic E-state index is 2.43. The molecule has 0 nitrogen and oxygen atoms in total. The topological polar surface area (TPSA) is 0 Å². The first kappa shape index (κ1) is 9.83. The maximum Gasteiger partial charge on any atom is -0.0121 e. The van der Waals surface area contributed by atoms with Gasteiger partial charge in [0.05, 0.1) is 0 Å². The van der Waals surface area contributed by atoms with E-state index in [-0.39, 0.29) is 0 Å². The van der Waals surface area contributed by atoms with E-state index in [4.69, 9.17) is 0 Å². The van der Waals surface area contributed by atoms with E-state index in [1.807, 2.05) is 0 Å². The van der Waals surface area contributed by atoms with Crippen LogP contribution < -0.4 is 0 Å². The number of hydrogen-bond acceptors (Lipinski definition) is 0. The zero-order valence-electron chi connectivity index (χ0n) is 9.09. The van der Waals surface area contributed by atoms with Crippen LogP contribution in [-0.2, 0) is 0 Å². The highest BCUT2D eigenvalue weighted by atomic mass is 14.4. The third kappa shape index (κ3) is 1.73. The monoisotopic (exact) mass is 166 g/mol. The van der Waals surface area contributed by atoms with Crippen LogP contribution in [0.15, 0.2) is 12.2 Å². The molecule has 12 heavy (non-hydrogen) atoms. The van der Waals surface area contributed by atoms with Crippen molar-refractivity contribution in [1.29, 1.82) is 0 Å². The zero-order valence-corrected chi connectivity index (χ0v) is 9.09. The van der Waals surface area contributed by atoms with Crippen LogP contribution in [0.4, 0.5) is 0 Å². The Morgan fingerprint density at radius 1 is 1.33 bits per heavy atom. The van der Waals surface area contributed by atoms with Crippen LogP contribution >= 0.6 is 0 Å². The Labute approximate surface area is 77.1 Å². The van der Waals surface area contributed by atoms with Crippen LogP contribution in [0.3, 0.4) is 0 Å². The third-order valence-corrected chi connectivity index (χ3v) is 3.76. The molecular formula is C12H22. The molecule has 0 saturated carbocycles. The van der Waals surface area contributed by atoms with E-state index in [1.54, 1.807) is 0 Å². The summed E-state index contributed by atoms with van der Waals surface area (Å²) in [6, 6.07) is 0. The van der Waals surface area contributed by atoms with Gasteiger partial charge in [-0.2, -0.15) is 0 Å². The van der Waals surface area contributed by atoms with Crippen molar-refractivity contribution in [3.05, 3.63) is 12.2 Å². The average Bonchev–Trinajstić information content (AvgIpc) is 1.97. The Morgan fingerprint density at radius 2 is 1.92 bits per heavy atom. The molecule has 0 spiro atoms. The molecule has 0 aliphatic heterocycles. The summed E-state index contributed by atoms with van der Waals surface area (Å²) in [6.45, 7) is 11.7. The van der Waals surface area contributed by atoms with Gasteiger partial charge in [0.1, 0.15) is 0 Å². The highest BCUT2D eigenvalue weighted by Gasteiger charge is 2.31. The standard InChI is InChI=1S/C12H22/c1-9(2)12(5)7-6-10(3)11(4)8-12/h6-7,9-11H,8H2,1-5H3. The van der Waals surface area contributed by atoms with Crippen molar-refractivity contribution in [2.45, 2.75) is 41.0 Å². The van der Waals surface area contributed by atoms with Gasteiger partial charge >= 0.3 is 0 Å². The van der Waals surface area contributed by atoms with Crippen molar-refractivity contribution in [1.82, 2.24) is 0 Å². The fraction of sp³-hybridized carbons (Fsp3) is 0.833. The fourth-order valence-electron chi connectivity index (χ4n) is 1.94. The largest absolute Gasteiger partial charge is 0.0849 e. The molecule has 0 radical (unpaired) electrons. The van der Waals surface area contributed by atoms with Crippen molar-refractivity contribution in [3.8, 4) is 0 Å². The minimum absolute atomic E-state index is 0.450. The lowest BCUT2D eigenvalue weighted by molar-refractivity contribution is 0.195. The molecule has 0 heteroatoms. The average molecular weight is 166 g/mol. The van der Waals surface area contributed by atoms with Crippen LogP contribution in [0.2, 0.25) is 0 Å². The molecule has 0 aromatic rings. The zero-order chi connectivity index (χ0) is 9.35. The molecule has 1 aliphatic rings. The van der Waals surface area contributed by atoms with E-state index in [0.29, 0.717) is 5.41 Å². The molecule has 0 aromatic carbocycles. The lowest BCUT2D eigenvalue weighted by Crippen LogP contribution is -2.29. The van der Waals surface area contributed by atoms with Gasteiger partial charge in [-0.3, -0.25) is 0 Å². The summed E-state index contributed by atoms with van der Waals surface area (Å²) in [7, 11) is 0. The van der Waals surface area contributed by atoms with Gasteiger partial charge in [-0.15, -0.1) is 0 Å². The van der Waals surface area contributed by atoms with E-state index in [1.165, 1.54) is 6.42 Å². The van der Waals surface area contributed by atoms with Crippen molar-refractivity contribution < 1.29 is 0 Å². The first-order valence-corrected chi connectivity index (χ1v) is 5.15. The molecule has 0 fully saturated rings. The third-order valence-electron chi connectivity index (χ3n) is 3.76. The van der Waals surface area contributed by atoms with Crippen LogP contribution in [0.25, 0.3) is 0 Å². The molecule has 1 rings (SSSR count). The Hall–Kier alpha value is -0.260. The maximum atomic E-state index is 2.43. The van der Waals surface area contributed by atoms with E-state index in [0.717, 1.165) is 17.8 Å². The summed E-state index contributed by atoms with van der Waals surface area (Å²) in [5.41, 5.74) is 0.450. The normalized spacial score (nSPS) is 42.2. The van der Waals surface area contributed by atoms with Gasteiger partial charge in [0.25, 0.3) is 0 Å². The molecule has 3 atom stereocenters. The smallest absolute Gasteiger partial charge is 0.0121 e. The van der Waals surface area contributed by atoms with E-state index >= 15 is 0 Å². The predicted octanol–water partition coefficient (Wildman–Crippen LogP) is 3.88. The fourth-order valence-corrected chi connectivity index (χ4v) is 1.94. The minimum atomic E-state index is 0.450. The van der Waals surface area contributed by atoms with Crippen LogP contribution in [0.5, 0.6) is 0 Å². The van der Waals surface area contributed by atoms with Crippen molar-refractivity contribution in [3.63, 3.8) is 0 Å². The van der Waals surface area contributed by atoms with Crippen molar-refractivity contribution in [2.75, 3.05) is 0 Å². The summed E-state index contributed by atoms with van der Waals surface area (Å²) < 4.78 is 0. The molecule has 0 N–H and O–H groups in total. The Balaban J connectivity index is 2.78. The van der Waals surface area contributed by atoms with E-state index < -0.39 is 0 Å².